The number of carbonyl (C=O) groups excluding carboxylic acids is 2. The molecule has 1 aromatic heterocycles. The molecule has 0 saturated heterocycles. The highest BCUT2D eigenvalue weighted by Crippen LogP contribution is 2.14. The lowest BCUT2D eigenvalue weighted by atomic mass is 10.1. The van der Waals surface area contributed by atoms with E-state index in [1.165, 1.54) is 6.08 Å². The summed E-state index contributed by atoms with van der Waals surface area (Å²) < 4.78 is 4.95. The molecular weight excluding hydrogens is 294 g/mol. The fourth-order valence-corrected chi connectivity index (χ4v) is 2.14. The molecule has 23 heavy (non-hydrogen) atoms. The first-order valence-corrected chi connectivity index (χ1v) is 7.26. The molecule has 6 heteroatoms. The molecule has 0 atom stereocenters. The number of hydrogen-bond donors (Lipinski definition) is 1. The fraction of sp³-hybridized carbons (Fsp3) is 0.235. The van der Waals surface area contributed by atoms with Gasteiger partial charge in [-0.3, -0.25) is 9.59 Å². The van der Waals surface area contributed by atoms with Crippen LogP contribution in [-0.2, 0) is 17.8 Å². The van der Waals surface area contributed by atoms with Crippen LogP contribution in [0.15, 0.2) is 47.7 Å². The van der Waals surface area contributed by atoms with Gasteiger partial charge in [-0.25, -0.2) is 0 Å². The Bertz CT molecular complexity index is 704. The fourth-order valence-electron chi connectivity index (χ4n) is 2.14. The number of anilines is 1. The van der Waals surface area contributed by atoms with Gasteiger partial charge in [0.1, 0.15) is 6.26 Å². The molecule has 0 spiro atoms. The number of aryl methyl sites for hydroxylation is 1. The van der Waals surface area contributed by atoms with Gasteiger partial charge in [-0.2, -0.15) is 0 Å². The van der Waals surface area contributed by atoms with Crippen LogP contribution in [0.4, 0.5) is 5.69 Å². The first-order valence-electron chi connectivity index (χ1n) is 7.26. The summed E-state index contributed by atoms with van der Waals surface area (Å²) in [4.78, 5) is 25.3. The van der Waals surface area contributed by atoms with Gasteiger partial charge in [0.15, 0.2) is 0 Å². The van der Waals surface area contributed by atoms with Crippen LogP contribution < -0.4 is 5.32 Å². The Morgan fingerprint density at radius 1 is 1.35 bits per heavy atom. The minimum Gasteiger partial charge on any atom is -0.364 e. The average Bonchev–Trinajstić information content (AvgIpc) is 3.01. The highest BCUT2D eigenvalue weighted by molar-refractivity contribution is 5.99. The first kappa shape index (κ1) is 16.5. The summed E-state index contributed by atoms with van der Waals surface area (Å²) in [5, 5.41) is 6.54. The molecule has 0 unspecified atom stereocenters. The van der Waals surface area contributed by atoms with Crippen LogP contribution in [0.3, 0.4) is 0 Å². The zero-order valence-corrected chi connectivity index (χ0v) is 13.2. The molecule has 0 saturated carbocycles. The predicted octanol–water partition coefficient (Wildman–Crippen LogP) is 2.63. The van der Waals surface area contributed by atoms with Gasteiger partial charge in [0, 0.05) is 23.9 Å². The Morgan fingerprint density at radius 3 is 2.65 bits per heavy atom. The normalized spacial score (nSPS) is 10.2. The van der Waals surface area contributed by atoms with Crippen molar-refractivity contribution in [2.75, 3.05) is 12.4 Å². The molecule has 1 heterocycles. The van der Waals surface area contributed by atoms with Gasteiger partial charge in [0.2, 0.25) is 5.91 Å². The third kappa shape index (κ3) is 4.06. The standard InChI is InChI=1S/C17H19N3O3/c1-4-15-13(11-23-19-15)10-20(3)17(22)12-6-8-14(9-7-12)18-16(21)5-2/h5-9,11H,2,4,10H2,1,3H3,(H,18,21). The summed E-state index contributed by atoms with van der Waals surface area (Å²) in [6.07, 6.45) is 3.51. The lowest BCUT2D eigenvalue weighted by Crippen LogP contribution is -2.26. The van der Waals surface area contributed by atoms with Crippen LogP contribution >= 0.6 is 0 Å². The maximum atomic E-state index is 12.4. The van der Waals surface area contributed by atoms with Gasteiger partial charge < -0.3 is 14.7 Å². The van der Waals surface area contributed by atoms with E-state index in [-0.39, 0.29) is 11.8 Å². The molecule has 0 radical (unpaired) electrons. The molecule has 0 aliphatic heterocycles. The van der Waals surface area contributed by atoms with Crippen LogP contribution in [0.5, 0.6) is 0 Å². The van der Waals surface area contributed by atoms with Crippen molar-refractivity contribution < 1.29 is 14.1 Å². The minimum atomic E-state index is -0.291. The van der Waals surface area contributed by atoms with Crippen LogP contribution in [0, 0.1) is 0 Å². The van der Waals surface area contributed by atoms with E-state index in [1.54, 1.807) is 42.5 Å². The third-order valence-electron chi connectivity index (χ3n) is 3.40. The molecule has 0 aliphatic rings. The van der Waals surface area contributed by atoms with E-state index in [0.29, 0.717) is 17.8 Å². The van der Waals surface area contributed by atoms with Crippen LogP contribution in [0.25, 0.3) is 0 Å². The Balaban J connectivity index is 2.04. The van der Waals surface area contributed by atoms with E-state index in [4.69, 9.17) is 4.52 Å². The largest absolute Gasteiger partial charge is 0.364 e. The van der Waals surface area contributed by atoms with Gasteiger partial charge in [-0.15, -0.1) is 0 Å². The Morgan fingerprint density at radius 2 is 2.04 bits per heavy atom. The zero-order valence-electron chi connectivity index (χ0n) is 13.2. The molecule has 120 valence electrons. The highest BCUT2D eigenvalue weighted by Gasteiger charge is 2.15. The van der Waals surface area contributed by atoms with Gasteiger partial charge in [0.25, 0.3) is 5.91 Å². The lowest BCUT2D eigenvalue weighted by molar-refractivity contribution is -0.111. The van der Waals surface area contributed by atoms with Crippen molar-refractivity contribution in [3.8, 4) is 0 Å². The smallest absolute Gasteiger partial charge is 0.253 e. The van der Waals surface area contributed by atoms with E-state index < -0.39 is 0 Å². The van der Waals surface area contributed by atoms with Gasteiger partial charge in [0.05, 0.1) is 12.2 Å². The SMILES string of the molecule is C=CC(=O)Nc1ccc(C(=O)N(C)Cc2conc2CC)cc1. The number of benzene rings is 1. The Kier molecular flexibility index (Phi) is 5.30. The van der Waals surface area contributed by atoms with Gasteiger partial charge in [-0.05, 0) is 36.8 Å². The van der Waals surface area contributed by atoms with E-state index in [2.05, 4.69) is 17.1 Å². The van der Waals surface area contributed by atoms with E-state index >= 15 is 0 Å². The number of rotatable bonds is 6. The monoisotopic (exact) mass is 313 g/mol. The van der Waals surface area contributed by atoms with Crippen LogP contribution in [-0.4, -0.2) is 28.9 Å². The summed E-state index contributed by atoms with van der Waals surface area (Å²) in [6, 6.07) is 6.70. The quantitative estimate of drug-likeness (QED) is 0.832. The van der Waals surface area contributed by atoms with Crippen molar-refractivity contribution in [1.29, 1.82) is 0 Å². The average molecular weight is 313 g/mol. The molecule has 0 bridgehead atoms. The number of nitrogens with one attached hydrogen (secondary N) is 1. The van der Waals surface area contributed by atoms with Crippen molar-refractivity contribution >= 4 is 17.5 Å². The van der Waals surface area contributed by atoms with Crippen molar-refractivity contribution in [3.05, 3.63) is 60.0 Å². The molecule has 0 aliphatic carbocycles. The van der Waals surface area contributed by atoms with Crippen molar-refractivity contribution in [3.63, 3.8) is 0 Å². The summed E-state index contributed by atoms with van der Waals surface area (Å²) in [7, 11) is 1.72. The van der Waals surface area contributed by atoms with Gasteiger partial charge >= 0.3 is 0 Å². The van der Waals surface area contributed by atoms with Crippen molar-refractivity contribution in [2.45, 2.75) is 19.9 Å². The molecule has 6 nitrogen and oxygen atoms in total. The van der Waals surface area contributed by atoms with Crippen molar-refractivity contribution in [1.82, 2.24) is 10.1 Å². The molecule has 0 fully saturated rings. The van der Waals surface area contributed by atoms with Crippen LogP contribution in [0.2, 0.25) is 0 Å². The van der Waals surface area contributed by atoms with Crippen LogP contribution in [0.1, 0.15) is 28.5 Å². The van der Waals surface area contributed by atoms with Gasteiger partial charge in [-0.1, -0.05) is 18.7 Å². The summed E-state index contributed by atoms with van der Waals surface area (Å²) in [5.41, 5.74) is 2.91. The summed E-state index contributed by atoms with van der Waals surface area (Å²) >= 11 is 0. The molecule has 1 aromatic carbocycles. The number of carbonyl (C=O) groups is 2. The molecule has 2 amide bonds. The lowest BCUT2D eigenvalue weighted by Gasteiger charge is -2.17. The topological polar surface area (TPSA) is 75.4 Å². The maximum absolute atomic E-state index is 12.4. The molecule has 2 rings (SSSR count). The number of aromatic nitrogens is 1. The van der Waals surface area contributed by atoms with E-state index in [0.717, 1.165) is 17.7 Å². The molecular formula is C17H19N3O3. The second kappa shape index (κ2) is 7.40. The predicted molar refractivity (Wildman–Crippen MR) is 86.9 cm³/mol. The minimum absolute atomic E-state index is 0.116. The maximum Gasteiger partial charge on any atom is 0.253 e. The second-order valence-electron chi connectivity index (χ2n) is 5.07. The molecule has 2 aromatic rings. The molecule has 1 N–H and O–H groups in total. The zero-order chi connectivity index (χ0) is 16.8. The second-order valence-corrected chi connectivity index (χ2v) is 5.07. The Labute approximate surface area is 134 Å². The van der Waals surface area contributed by atoms with Crippen molar-refractivity contribution in [2.24, 2.45) is 0 Å². The summed E-state index contributed by atoms with van der Waals surface area (Å²) in [6.45, 7) is 5.81. The highest BCUT2D eigenvalue weighted by atomic mass is 16.5. The van der Waals surface area contributed by atoms with E-state index in [1.807, 2.05) is 6.92 Å². The third-order valence-corrected chi connectivity index (χ3v) is 3.40. The number of nitrogens with zero attached hydrogens (tertiary/aromatic N) is 2. The summed E-state index contributed by atoms with van der Waals surface area (Å²) in [5.74, 6) is -0.407. The number of amides is 2. The number of hydrogen-bond acceptors (Lipinski definition) is 4. The first-order chi connectivity index (χ1) is 11.0. The van der Waals surface area contributed by atoms with E-state index in [9.17, 15) is 9.59 Å². The Hall–Kier alpha value is -2.89.